The van der Waals surface area contributed by atoms with Gasteiger partial charge in [-0.2, -0.15) is 0 Å². The third-order valence-corrected chi connectivity index (χ3v) is 6.81. The second kappa shape index (κ2) is 10.4. The number of piperidine rings is 1. The Hall–Kier alpha value is -0.950. The summed E-state index contributed by atoms with van der Waals surface area (Å²) in [5, 5.41) is 10.3. The van der Waals surface area contributed by atoms with Crippen molar-refractivity contribution in [3.8, 4) is 0 Å². The number of sulfonamides is 1. The molecule has 0 amide bonds. The highest BCUT2D eigenvalue weighted by molar-refractivity contribution is 7.89. The summed E-state index contributed by atoms with van der Waals surface area (Å²) in [6, 6.07) is 9.74. The maximum absolute atomic E-state index is 12.2. The number of likely N-dealkylation sites (tertiary alicyclic amines) is 1. The molecule has 0 spiro atoms. The fourth-order valence-electron chi connectivity index (χ4n) is 3.65. The van der Waals surface area contributed by atoms with Gasteiger partial charge in [-0.1, -0.05) is 50.6 Å². The number of nitrogens with zero attached hydrogens (tertiary/aromatic N) is 1. The summed E-state index contributed by atoms with van der Waals surface area (Å²) in [6.45, 7) is 7.07. The molecular formula is C20H34N2O3S. The Bertz CT molecular complexity index is 613. The third-order valence-electron chi connectivity index (χ3n) is 5.20. The molecule has 26 heavy (non-hydrogen) atoms. The molecule has 1 saturated heterocycles. The minimum absolute atomic E-state index is 0.207. The summed E-state index contributed by atoms with van der Waals surface area (Å²) in [4.78, 5) is 2.27. The van der Waals surface area contributed by atoms with Gasteiger partial charge in [0.2, 0.25) is 10.0 Å². The van der Waals surface area contributed by atoms with Gasteiger partial charge in [0.15, 0.2) is 0 Å². The van der Waals surface area contributed by atoms with Crippen LogP contribution in [-0.2, 0) is 10.0 Å². The molecule has 148 valence electrons. The van der Waals surface area contributed by atoms with Crippen molar-refractivity contribution in [3.05, 3.63) is 35.9 Å². The van der Waals surface area contributed by atoms with Crippen molar-refractivity contribution in [2.24, 2.45) is 11.8 Å². The highest BCUT2D eigenvalue weighted by atomic mass is 32.2. The normalized spacial score (nSPS) is 19.3. The molecule has 1 aromatic rings. The fourth-order valence-corrected chi connectivity index (χ4v) is 5.18. The van der Waals surface area contributed by atoms with Crippen LogP contribution in [0.1, 0.15) is 51.2 Å². The van der Waals surface area contributed by atoms with Gasteiger partial charge in [0.05, 0.1) is 11.9 Å². The zero-order chi connectivity index (χ0) is 19.0. The number of aliphatic hydroxyl groups excluding tert-OH is 1. The number of hydrogen-bond donors (Lipinski definition) is 2. The van der Waals surface area contributed by atoms with Crippen LogP contribution in [0.4, 0.5) is 0 Å². The van der Waals surface area contributed by atoms with Crippen molar-refractivity contribution in [3.63, 3.8) is 0 Å². The van der Waals surface area contributed by atoms with Crippen LogP contribution < -0.4 is 4.72 Å². The number of β-amino-alcohol motifs (C(OH)–C–C–N with tert-alkyl or cyclic N) is 1. The van der Waals surface area contributed by atoms with Crippen LogP contribution in [-0.4, -0.2) is 50.4 Å². The maximum Gasteiger partial charge on any atom is 0.211 e. The van der Waals surface area contributed by atoms with E-state index < -0.39 is 16.1 Å². The molecule has 2 atom stereocenters. The fraction of sp³-hybridized carbons (Fsp3) is 0.700. The van der Waals surface area contributed by atoms with Crippen molar-refractivity contribution in [2.75, 3.05) is 31.9 Å². The van der Waals surface area contributed by atoms with Crippen molar-refractivity contribution in [1.82, 2.24) is 9.62 Å². The Morgan fingerprint density at radius 2 is 1.88 bits per heavy atom. The van der Waals surface area contributed by atoms with Gasteiger partial charge in [-0.15, -0.1) is 0 Å². The SMILES string of the molecule is CCC[C@@H](C)CS(=O)(=O)NCC1CCN(C[C@H](O)c2ccccc2)CC1. The Balaban J connectivity index is 1.70. The highest BCUT2D eigenvalue weighted by Crippen LogP contribution is 2.20. The van der Waals surface area contributed by atoms with Crippen LogP contribution in [0.2, 0.25) is 0 Å². The Morgan fingerprint density at radius 1 is 1.23 bits per heavy atom. The zero-order valence-electron chi connectivity index (χ0n) is 16.1. The van der Waals surface area contributed by atoms with Gasteiger partial charge in [-0.3, -0.25) is 0 Å². The number of hydrogen-bond acceptors (Lipinski definition) is 4. The lowest BCUT2D eigenvalue weighted by Gasteiger charge is -2.33. The van der Waals surface area contributed by atoms with Crippen molar-refractivity contribution < 1.29 is 13.5 Å². The number of aliphatic hydroxyl groups is 1. The van der Waals surface area contributed by atoms with Gasteiger partial charge in [0.1, 0.15) is 0 Å². The lowest BCUT2D eigenvalue weighted by atomic mass is 9.96. The Morgan fingerprint density at radius 3 is 2.50 bits per heavy atom. The first kappa shape index (κ1) is 21.4. The van der Waals surface area contributed by atoms with E-state index >= 15 is 0 Å². The average molecular weight is 383 g/mol. The van der Waals surface area contributed by atoms with Gasteiger partial charge in [-0.25, -0.2) is 13.1 Å². The average Bonchev–Trinajstić information content (AvgIpc) is 2.61. The van der Waals surface area contributed by atoms with Crippen molar-refractivity contribution in [1.29, 1.82) is 0 Å². The predicted octanol–water partition coefficient (Wildman–Crippen LogP) is 2.79. The van der Waals surface area contributed by atoms with Gasteiger partial charge >= 0.3 is 0 Å². The minimum Gasteiger partial charge on any atom is -0.387 e. The molecule has 5 nitrogen and oxygen atoms in total. The van der Waals surface area contributed by atoms with E-state index in [1.807, 2.05) is 37.3 Å². The van der Waals surface area contributed by atoms with E-state index in [0.29, 0.717) is 19.0 Å². The van der Waals surface area contributed by atoms with Crippen LogP contribution in [0.15, 0.2) is 30.3 Å². The van der Waals surface area contributed by atoms with Crippen LogP contribution in [0.3, 0.4) is 0 Å². The summed E-state index contributed by atoms with van der Waals surface area (Å²) in [5.74, 6) is 0.818. The molecule has 0 saturated carbocycles. The molecule has 0 bridgehead atoms. The summed E-state index contributed by atoms with van der Waals surface area (Å²) in [5.41, 5.74) is 0.948. The number of rotatable bonds is 10. The molecular weight excluding hydrogens is 348 g/mol. The first-order chi connectivity index (χ1) is 12.4. The minimum atomic E-state index is -3.17. The molecule has 2 rings (SSSR count). The molecule has 1 aliphatic heterocycles. The van der Waals surface area contributed by atoms with Gasteiger partial charge in [-0.05, 0) is 49.8 Å². The van der Waals surface area contributed by atoms with E-state index in [1.54, 1.807) is 0 Å². The molecule has 0 aromatic heterocycles. The smallest absolute Gasteiger partial charge is 0.211 e. The quantitative estimate of drug-likeness (QED) is 0.653. The number of benzene rings is 1. The molecule has 0 unspecified atom stereocenters. The van der Waals surface area contributed by atoms with Gasteiger partial charge in [0.25, 0.3) is 0 Å². The first-order valence-electron chi connectivity index (χ1n) is 9.82. The van der Waals surface area contributed by atoms with E-state index in [4.69, 9.17) is 0 Å². The topological polar surface area (TPSA) is 69.6 Å². The molecule has 1 fully saturated rings. The lowest BCUT2D eigenvalue weighted by Crippen LogP contribution is -2.41. The largest absolute Gasteiger partial charge is 0.387 e. The van der Waals surface area contributed by atoms with E-state index in [2.05, 4.69) is 16.5 Å². The van der Waals surface area contributed by atoms with Crippen LogP contribution in [0.25, 0.3) is 0 Å². The van der Waals surface area contributed by atoms with Crippen molar-refractivity contribution in [2.45, 2.75) is 45.6 Å². The van der Waals surface area contributed by atoms with Crippen LogP contribution in [0.5, 0.6) is 0 Å². The lowest BCUT2D eigenvalue weighted by molar-refractivity contribution is 0.0899. The van der Waals surface area contributed by atoms with Crippen LogP contribution >= 0.6 is 0 Å². The van der Waals surface area contributed by atoms with Gasteiger partial charge < -0.3 is 10.0 Å². The van der Waals surface area contributed by atoms with Crippen molar-refractivity contribution >= 4 is 10.0 Å². The second-order valence-electron chi connectivity index (χ2n) is 7.69. The number of nitrogens with one attached hydrogen (secondary N) is 1. The Labute approximate surface area is 158 Å². The van der Waals surface area contributed by atoms with Gasteiger partial charge in [0, 0.05) is 13.1 Å². The Kier molecular flexibility index (Phi) is 8.54. The summed E-state index contributed by atoms with van der Waals surface area (Å²) in [7, 11) is -3.17. The molecule has 2 N–H and O–H groups in total. The van der Waals surface area contributed by atoms with E-state index in [9.17, 15) is 13.5 Å². The van der Waals surface area contributed by atoms with E-state index in [0.717, 1.165) is 44.3 Å². The summed E-state index contributed by atoms with van der Waals surface area (Å²) >= 11 is 0. The zero-order valence-corrected chi connectivity index (χ0v) is 16.9. The molecule has 0 aliphatic carbocycles. The standard InChI is InChI=1S/C20H34N2O3S/c1-3-7-17(2)16-26(24,25)21-14-18-10-12-22(13-11-18)15-20(23)19-8-5-4-6-9-19/h4-6,8-9,17-18,20-21,23H,3,7,10-16H2,1-2H3/t17-,20+/m1/s1. The third kappa shape index (κ3) is 7.35. The predicted molar refractivity (Wildman–Crippen MR) is 106 cm³/mol. The van der Waals surface area contributed by atoms with E-state index in [1.165, 1.54) is 0 Å². The molecule has 6 heteroatoms. The molecule has 1 heterocycles. The first-order valence-corrected chi connectivity index (χ1v) is 11.5. The highest BCUT2D eigenvalue weighted by Gasteiger charge is 2.23. The monoisotopic (exact) mass is 382 g/mol. The maximum atomic E-state index is 12.2. The molecule has 0 radical (unpaired) electrons. The summed E-state index contributed by atoms with van der Waals surface area (Å²) < 4.78 is 27.1. The van der Waals surface area contributed by atoms with E-state index in [-0.39, 0.29) is 11.7 Å². The summed E-state index contributed by atoms with van der Waals surface area (Å²) in [6.07, 6.45) is 3.43. The van der Waals surface area contributed by atoms with Crippen LogP contribution in [0, 0.1) is 11.8 Å². The second-order valence-corrected chi connectivity index (χ2v) is 9.55. The molecule has 1 aromatic carbocycles. The molecule has 1 aliphatic rings.